The van der Waals surface area contributed by atoms with E-state index in [0.29, 0.717) is 5.54 Å². The van der Waals surface area contributed by atoms with E-state index in [1.165, 1.54) is 13.0 Å². The number of hydrogen-bond donors (Lipinski definition) is 1. The van der Waals surface area contributed by atoms with Crippen LogP contribution in [0.15, 0.2) is 11.6 Å². The molecule has 1 N–H and O–H groups in total. The highest BCUT2D eigenvalue weighted by Gasteiger charge is 2.63. The molecule has 1 saturated carbocycles. The van der Waals surface area contributed by atoms with Gasteiger partial charge in [0, 0.05) is 12.1 Å². The minimum absolute atomic E-state index is 0.546. The quantitative estimate of drug-likeness (QED) is 0.470. The van der Waals surface area contributed by atoms with Crippen LogP contribution in [0.5, 0.6) is 0 Å². The Hall–Kier alpha value is -0.300. The molecule has 1 nitrogen and oxygen atoms in total. The summed E-state index contributed by atoms with van der Waals surface area (Å²) in [6.45, 7) is 3.55. The fourth-order valence-electron chi connectivity index (χ4n) is 2.80. The first-order valence-electron chi connectivity index (χ1n) is 3.77. The summed E-state index contributed by atoms with van der Waals surface area (Å²) in [4.78, 5) is 0. The molecule has 1 spiro atoms. The first-order valence-corrected chi connectivity index (χ1v) is 3.77. The van der Waals surface area contributed by atoms with Crippen LogP contribution in [0.1, 0.15) is 13.3 Å². The Kier molecular flexibility index (Phi) is 0.495. The zero-order valence-corrected chi connectivity index (χ0v) is 5.65. The summed E-state index contributed by atoms with van der Waals surface area (Å²) in [5.74, 6) is 1.98. The Morgan fingerprint density at radius 3 is 2.89 bits per heavy atom. The van der Waals surface area contributed by atoms with Crippen LogP contribution in [0.4, 0.5) is 0 Å². The van der Waals surface area contributed by atoms with E-state index >= 15 is 0 Å². The summed E-state index contributed by atoms with van der Waals surface area (Å²) < 4.78 is 0. The average Bonchev–Trinajstić information content (AvgIpc) is 2.15. The number of nitrogens with one attached hydrogen (secondary N) is 1. The van der Waals surface area contributed by atoms with E-state index in [2.05, 4.69) is 18.3 Å². The van der Waals surface area contributed by atoms with Gasteiger partial charge in [-0.25, -0.2) is 0 Å². The Morgan fingerprint density at radius 2 is 2.67 bits per heavy atom. The minimum Gasteiger partial charge on any atom is -0.307 e. The Balaban J connectivity index is 2.12. The van der Waals surface area contributed by atoms with E-state index in [1.54, 1.807) is 5.57 Å². The Labute approximate surface area is 55.1 Å². The van der Waals surface area contributed by atoms with Gasteiger partial charge in [-0.05, 0) is 25.2 Å². The van der Waals surface area contributed by atoms with Crippen LogP contribution in [-0.4, -0.2) is 12.1 Å². The van der Waals surface area contributed by atoms with Crippen LogP contribution < -0.4 is 5.32 Å². The molecule has 1 heterocycles. The van der Waals surface area contributed by atoms with Crippen molar-refractivity contribution in [3.8, 4) is 0 Å². The molecule has 3 aliphatic carbocycles. The van der Waals surface area contributed by atoms with E-state index < -0.39 is 0 Å². The summed E-state index contributed by atoms with van der Waals surface area (Å²) in [5, 5.41) is 3.53. The predicted molar refractivity (Wildman–Crippen MR) is 36.1 cm³/mol. The molecule has 3 atom stereocenters. The van der Waals surface area contributed by atoms with Gasteiger partial charge < -0.3 is 5.32 Å². The SMILES string of the molecule is CC1=CC2CC13NCC23. The van der Waals surface area contributed by atoms with Crippen LogP contribution in [-0.2, 0) is 0 Å². The van der Waals surface area contributed by atoms with E-state index in [1.807, 2.05) is 0 Å². The molecule has 0 radical (unpaired) electrons. The van der Waals surface area contributed by atoms with Crippen molar-refractivity contribution in [3.63, 3.8) is 0 Å². The van der Waals surface area contributed by atoms with Gasteiger partial charge in [-0.15, -0.1) is 0 Å². The molecule has 2 bridgehead atoms. The maximum Gasteiger partial charge on any atom is 0.0443 e. The highest BCUT2D eigenvalue weighted by Crippen LogP contribution is 2.59. The number of rotatable bonds is 0. The van der Waals surface area contributed by atoms with Crippen molar-refractivity contribution in [1.82, 2.24) is 5.32 Å². The van der Waals surface area contributed by atoms with E-state index in [-0.39, 0.29) is 0 Å². The van der Waals surface area contributed by atoms with Crippen molar-refractivity contribution < 1.29 is 0 Å². The topological polar surface area (TPSA) is 12.0 Å². The number of piperidine rings is 1. The van der Waals surface area contributed by atoms with E-state index in [9.17, 15) is 0 Å². The van der Waals surface area contributed by atoms with Crippen LogP contribution in [0, 0.1) is 11.8 Å². The summed E-state index contributed by atoms with van der Waals surface area (Å²) >= 11 is 0. The third-order valence-corrected chi connectivity index (χ3v) is 3.51. The second-order valence-corrected chi connectivity index (χ2v) is 3.68. The van der Waals surface area contributed by atoms with Gasteiger partial charge in [0.2, 0.25) is 0 Å². The van der Waals surface area contributed by atoms with Gasteiger partial charge >= 0.3 is 0 Å². The van der Waals surface area contributed by atoms with E-state index in [4.69, 9.17) is 0 Å². The third kappa shape index (κ3) is 0.265. The molecular formula is C8H11N. The van der Waals surface area contributed by atoms with Crippen LogP contribution in [0.3, 0.4) is 0 Å². The monoisotopic (exact) mass is 121 g/mol. The third-order valence-electron chi connectivity index (χ3n) is 3.51. The van der Waals surface area contributed by atoms with Gasteiger partial charge in [0.05, 0.1) is 0 Å². The molecule has 1 heteroatoms. The van der Waals surface area contributed by atoms with Gasteiger partial charge in [-0.3, -0.25) is 0 Å². The van der Waals surface area contributed by atoms with Gasteiger partial charge in [0.15, 0.2) is 0 Å². The number of hydrogen-bond acceptors (Lipinski definition) is 1. The van der Waals surface area contributed by atoms with E-state index in [0.717, 1.165) is 11.8 Å². The van der Waals surface area contributed by atoms with Crippen LogP contribution in [0.25, 0.3) is 0 Å². The molecule has 1 saturated heterocycles. The normalized spacial score (nSPS) is 59.4. The summed E-state index contributed by atoms with van der Waals surface area (Å²) in [6, 6.07) is 0. The highest BCUT2D eigenvalue weighted by molar-refractivity contribution is 5.42. The second-order valence-electron chi connectivity index (χ2n) is 3.68. The molecule has 0 aromatic carbocycles. The average molecular weight is 121 g/mol. The van der Waals surface area contributed by atoms with Crippen LogP contribution >= 0.6 is 0 Å². The maximum atomic E-state index is 3.53. The summed E-state index contributed by atoms with van der Waals surface area (Å²) in [5.41, 5.74) is 2.16. The lowest BCUT2D eigenvalue weighted by molar-refractivity contribution is 0.00522. The van der Waals surface area contributed by atoms with Crippen LogP contribution in [0.2, 0.25) is 0 Å². The standard InChI is InChI=1S/C8H11N/c1-5-2-6-3-8(5)7(6)4-9-8/h2,6-7,9H,3-4H2,1H3. The molecule has 3 unspecified atom stereocenters. The molecule has 1 aliphatic heterocycles. The summed E-state index contributed by atoms with van der Waals surface area (Å²) in [6.07, 6.45) is 3.87. The largest absolute Gasteiger partial charge is 0.307 e. The highest BCUT2D eigenvalue weighted by atomic mass is 15.1. The predicted octanol–water partition coefficient (Wildman–Crippen LogP) is 0.924. The van der Waals surface area contributed by atoms with Gasteiger partial charge in [0.1, 0.15) is 0 Å². The zero-order valence-electron chi connectivity index (χ0n) is 5.65. The Bertz CT molecular complexity index is 207. The molecule has 9 heavy (non-hydrogen) atoms. The lowest BCUT2D eigenvalue weighted by atomic mass is 9.58. The molecule has 0 amide bonds. The van der Waals surface area contributed by atoms with Gasteiger partial charge in [0.25, 0.3) is 0 Å². The summed E-state index contributed by atoms with van der Waals surface area (Å²) in [7, 11) is 0. The zero-order chi connectivity index (χ0) is 6.06. The van der Waals surface area contributed by atoms with Crippen molar-refractivity contribution in [2.24, 2.45) is 11.8 Å². The van der Waals surface area contributed by atoms with Crippen molar-refractivity contribution in [2.45, 2.75) is 18.9 Å². The second kappa shape index (κ2) is 0.988. The van der Waals surface area contributed by atoms with Crippen molar-refractivity contribution in [1.29, 1.82) is 0 Å². The first kappa shape index (κ1) is 4.51. The fourth-order valence-corrected chi connectivity index (χ4v) is 2.80. The molecule has 4 rings (SSSR count). The lowest BCUT2D eigenvalue weighted by Crippen LogP contribution is -2.72. The first-order chi connectivity index (χ1) is 4.33. The fraction of sp³-hybridized carbons (Fsp3) is 0.750. The molecular weight excluding hydrogens is 110 g/mol. The van der Waals surface area contributed by atoms with Crippen molar-refractivity contribution in [3.05, 3.63) is 11.6 Å². The lowest BCUT2D eigenvalue weighted by Gasteiger charge is -2.59. The Morgan fingerprint density at radius 1 is 1.78 bits per heavy atom. The minimum atomic E-state index is 0.546. The molecule has 0 aromatic heterocycles. The molecule has 0 aromatic rings. The van der Waals surface area contributed by atoms with Gasteiger partial charge in [-0.1, -0.05) is 11.6 Å². The maximum absolute atomic E-state index is 3.53. The molecule has 2 fully saturated rings. The smallest absolute Gasteiger partial charge is 0.0443 e. The molecule has 4 aliphatic rings. The van der Waals surface area contributed by atoms with Crippen molar-refractivity contribution in [2.75, 3.05) is 6.54 Å². The van der Waals surface area contributed by atoms with Crippen molar-refractivity contribution >= 4 is 0 Å². The van der Waals surface area contributed by atoms with Gasteiger partial charge in [-0.2, -0.15) is 0 Å². The number of allylic oxidation sites excluding steroid dienone is 1. The molecule has 48 valence electrons.